The Hall–Kier alpha value is -2.77. The van der Waals surface area contributed by atoms with Crippen LogP contribution in [0.15, 0.2) is 29.3 Å². The molecule has 0 atom stereocenters. The first kappa shape index (κ1) is 24.3. The molecule has 0 heterocycles. The third-order valence-corrected chi connectivity index (χ3v) is 3.75. The summed E-state index contributed by atoms with van der Waals surface area (Å²) >= 11 is 0. The van der Waals surface area contributed by atoms with Gasteiger partial charge in [-0.3, -0.25) is 15.1 Å². The van der Waals surface area contributed by atoms with Crippen LogP contribution in [0.25, 0.3) is 0 Å². The molecule has 0 bridgehead atoms. The van der Waals surface area contributed by atoms with Crippen molar-refractivity contribution in [3.63, 3.8) is 0 Å². The lowest BCUT2D eigenvalue weighted by Gasteiger charge is -2.19. The van der Waals surface area contributed by atoms with Crippen molar-refractivity contribution in [2.24, 2.45) is 4.99 Å². The molecule has 162 valence electrons. The number of carbonyl (C=O) groups excluding carboxylic acids is 2. The maximum atomic E-state index is 11.8. The van der Waals surface area contributed by atoms with Gasteiger partial charge in [-0.1, -0.05) is 19.1 Å². The van der Waals surface area contributed by atoms with Crippen LogP contribution < -0.4 is 21.3 Å². The molecule has 0 aromatic heterocycles. The average Bonchev–Trinajstić information content (AvgIpc) is 2.65. The largest absolute Gasteiger partial charge is 0.444 e. The van der Waals surface area contributed by atoms with E-state index >= 15 is 0 Å². The molecular weight excluding hydrogens is 370 g/mol. The Morgan fingerprint density at radius 2 is 1.66 bits per heavy atom. The van der Waals surface area contributed by atoms with Gasteiger partial charge in [-0.15, -0.1) is 0 Å². The number of benzene rings is 1. The summed E-state index contributed by atoms with van der Waals surface area (Å²) < 4.78 is 5.24. The molecule has 1 aromatic carbocycles. The van der Waals surface area contributed by atoms with E-state index in [9.17, 15) is 9.59 Å². The smallest absolute Gasteiger partial charge is 0.412 e. The first-order valence-corrected chi connectivity index (χ1v) is 10.0. The highest BCUT2D eigenvalue weighted by Crippen LogP contribution is 2.13. The molecular formula is C21H35N5O3. The maximum Gasteiger partial charge on any atom is 0.412 e. The standard InChI is InChI=1S/C21H35N5O3/c1-6-13-23-18(27)12-15-25-19(22-5)24-14-11-16-7-9-17(10-8-16)26-20(28)29-21(2,3)4/h7-10H,6,11-15H2,1-5H3,(H,23,27)(H,26,28)(H2,22,24,25). The minimum Gasteiger partial charge on any atom is -0.444 e. The van der Waals surface area contributed by atoms with Crippen LogP contribution in [-0.2, 0) is 16.0 Å². The van der Waals surface area contributed by atoms with Gasteiger partial charge in [0.1, 0.15) is 5.60 Å². The molecule has 0 aliphatic carbocycles. The number of amides is 2. The van der Waals surface area contributed by atoms with E-state index in [1.807, 2.05) is 52.0 Å². The lowest BCUT2D eigenvalue weighted by molar-refractivity contribution is -0.120. The number of ether oxygens (including phenoxy) is 1. The van der Waals surface area contributed by atoms with Gasteiger partial charge >= 0.3 is 6.09 Å². The molecule has 2 amide bonds. The zero-order valence-electron chi connectivity index (χ0n) is 18.2. The summed E-state index contributed by atoms with van der Waals surface area (Å²) in [6.07, 6.45) is 1.67. The topological polar surface area (TPSA) is 104 Å². The van der Waals surface area contributed by atoms with Crippen molar-refractivity contribution in [2.75, 3.05) is 32.0 Å². The highest BCUT2D eigenvalue weighted by atomic mass is 16.6. The summed E-state index contributed by atoms with van der Waals surface area (Å²) in [7, 11) is 1.70. The van der Waals surface area contributed by atoms with Crippen LogP contribution in [-0.4, -0.2) is 50.2 Å². The number of nitrogens with zero attached hydrogens (tertiary/aromatic N) is 1. The second kappa shape index (κ2) is 12.6. The minimum absolute atomic E-state index is 0.0369. The van der Waals surface area contributed by atoms with Gasteiger partial charge in [-0.25, -0.2) is 4.79 Å². The molecule has 0 saturated heterocycles. The van der Waals surface area contributed by atoms with Crippen molar-refractivity contribution >= 4 is 23.6 Å². The molecule has 0 radical (unpaired) electrons. The molecule has 0 fully saturated rings. The zero-order valence-corrected chi connectivity index (χ0v) is 18.2. The molecule has 0 saturated carbocycles. The van der Waals surface area contributed by atoms with Crippen molar-refractivity contribution in [3.8, 4) is 0 Å². The van der Waals surface area contributed by atoms with Crippen molar-refractivity contribution in [2.45, 2.75) is 52.6 Å². The third kappa shape index (κ3) is 11.6. The molecule has 29 heavy (non-hydrogen) atoms. The zero-order chi connectivity index (χ0) is 21.7. The Labute approximate surface area is 173 Å². The predicted octanol–water partition coefficient (Wildman–Crippen LogP) is 2.66. The Bertz CT molecular complexity index is 666. The SMILES string of the molecule is CCCNC(=O)CCNC(=NC)NCCc1ccc(NC(=O)OC(C)(C)C)cc1. The van der Waals surface area contributed by atoms with Crippen molar-refractivity contribution < 1.29 is 14.3 Å². The molecule has 1 rings (SSSR count). The molecule has 8 heteroatoms. The van der Waals surface area contributed by atoms with Gasteiger partial charge in [0.05, 0.1) is 0 Å². The first-order chi connectivity index (χ1) is 13.7. The van der Waals surface area contributed by atoms with Crippen LogP contribution in [0.5, 0.6) is 0 Å². The van der Waals surface area contributed by atoms with E-state index in [0.717, 1.165) is 18.4 Å². The molecule has 0 aliphatic rings. The number of guanidine groups is 1. The number of anilines is 1. The fourth-order valence-electron chi connectivity index (χ4n) is 2.37. The summed E-state index contributed by atoms with van der Waals surface area (Å²) in [5.41, 5.74) is 1.29. The van der Waals surface area contributed by atoms with E-state index in [0.29, 0.717) is 37.7 Å². The third-order valence-electron chi connectivity index (χ3n) is 3.75. The van der Waals surface area contributed by atoms with Gasteiger partial charge < -0.3 is 20.7 Å². The Morgan fingerprint density at radius 1 is 1.00 bits per heavy atom. The predicted molar refractivity (Wildman–Crippen MR) is 117 cm³/mol. The van der Waals surface area contributed by atoms with Crippen LogP contribution in [0.3, 0.4) is 0 Å². The van der Waals surface area contributed by atoms with Crippen molar-refractivity contribution in [1.29, 1.82) is 0 Å². The number of aliphatic imine (C=N–C) groups is 1. The Morgan fingerprint density at radius 3 is 2.24 bits per heavy atom. The van der Waals surface area contributed by atoms with E-state index in [1.54, 1.807) is 7.05 Å². The summed E-state index contributed by atoms with van der Waals surface area (Å²) in [5.74, 6) is 0.700. The number of rotatable bonds is 9. The number of hydrogen-bond donors (Lipinski definition) is 4. The molecule has 0 spiro atoms. The van der Waals surface area contributed by atoms with E-state index < -0.39 is 11.7 Å². The van der Waals surface area contributed by atoms with E-state index in [1.165, 1.54) is 0 Å². The number of nitrogens with one attached hydrogen (secondary N) is 4. The summed E-state index contributed by atoms with van der Waals surface area (Å²) in [6.45, 7) is 9.43. The van der Waals surface area contributed by atoms with E-state index in [-0.39, 0.29) is 5.91 Å². The Kier molecular flexibility index (Phi) is 10.6. The highest BCUT2D eigenvalue weighted by molar-refractivity contribution is 5.84. The van der Waals surface area contributed by atoms with Crippen LogP contribution in [0.4, 0.5) is 10.5 Å². The van der Waals surface area contributed by atoms with E-state index in [4.69, 9.17) is 4.74 Å². The normalized spacial score (nSPS) is 11.6. The van der Waals surface area contributed by atoms with Crippen LogP contribution in [0, 0.1) is 0 Å². The second-order valence-electron chi connectivity index (χ2n) is 7.60. The van der Waals surface area contributed by atoms with Gasteiger partial charge in [0.25, 0.3) is 0 Å². The monoisotopic (exact) mass is 405 g/mol. The van der Waals surface area contributed by atoms with Crippen LogP contribution in [0.1, 0.15) is 46.1 Å². The average molecular weight is 406 g/mol. The van der Waals surface area contributed by atoms with Gasteiger partial charge in [0.15, 0.2) is 5.96 Å². The minimum atomic E-state index is -0.526. The first-order valence-electron chi connectivity index (χ1n) is 10.0. The molecule has 0 aliphatic heterocycles. The van der Waals surface area contributed by atoms with Gasteiger partial charge in [-0.2, -0.15) is 0 Å². The summed E-state index contributed by atoms with van der Waals surface area (Å²) in [6, 6.07) is 7.62. The second-order valence-corrected chi connectivity index (χ2v) is 7.60. The van der Waals surface area contributed by atoms with Gasteiger partial charge in [-0.05, 0) is 51.3 Å². The van der Waals surface area contributed by atoms with E-state index in [2.05, 4.69) is 26.3 Å². The molecule has 0 unspecified atom stereocenters. The van der Waals surface area contributed by atoms with Crippen LogP contribution in [0.2, 0.25) is 0 Å². The van der Waals surface area contributed by atoms with Crippen LogP contribution >= 0.6 is 0 Å². The maximum absolute atomic E-state index is 11.8. The fourth-order valence-corrected chi connectivity index (χ4v) is 2.37. The molecule has 1 aromatic rings. The highest BCUT2D eigenvalue weighted by Gasteiger charge is 2.16. The lowest BCUT2D eigenvalue weighted by atomic mass is 10.1. The van der Waals surface area contributed by atoms with Gasteiger partial charge in [0.2, 0.25) is 5.91 Å². The number of hydrogen-bond acceptors (Lipinski definition) is 4. The Balaban J connectivity index is 2.32. The fraction of sp³-hybridized carbons (Fsp3) is 0.571. The molecule has 8 nitrogen and oxygen atoms in total. The number of carbonyl (C=O) groups is 2. The molecule has 4 N–H and O–H groups in total. The summed E-state index contributed by atoms with van der Waals surface area (Å²) in [4.78, 5) is 27.5. The lowest BCUT2D eigenvalue weighted by Crippen LogP contribution is -2.40. The van der Waals surface area contributed by atoms with Gasteiger partial charge in [0, 0.05) is 38.8 Å². The summed E-state index contributed by atoms with van der Waals surface area (Å²) in [5, 5.41) is 11.9. The van der Waals surface area contributed by atoms with Crippen molar-refractivity contribution in [3.05, 3.63) is 29.8 Å². The quantitative estimate of drug-likeness (QED) is 0.374. The van der Waals surface area contributed by atoms with Crippen molar-refractivity contribution in [1.82, 2.24) is 16.0 Å².